The van der Waals surface area contributed by atoms with Crippen LogP contribution in [0.3, 0.4) is 0 Å². The molecule has 4 heterocycles. The highest BCUT2D eigenvalue weighted by Crippen LogP contribution is 2.31. The predicted molar refractivity (Wildman–Crippen MR) is 148 cm³/mol. The third-order valence-electron chi connectivity index (χ3n) is 7.58. The number of carbonyl (C=O) groups excluding carboxylic acids is 1. The highest BCUT2D eigenvalue weighted by molar-refractivity contribution is 5.98. The number of nitrogens with zero attached hydrogens (tertiary/aromatic N) is 6. The van der Waals surface area contributed by atoms with E-state index in [9.17, 15) is 4.79 Å². The zero-order valence-corrected chi connectivity index (χ0v) is 23.1. The molecule has 10 heteroatoms. The lowest BCUT2D eigenvalue weighted by Gasteiger charge is -2.37. The van der Waals surface area contributed by atoms with Gasteiger partial charge in [0.25, 0.3) is 0 Å². The summed E-state index contributed by atoms with van der Waals surface area (Å²) in [4.78, 5) is 30.0. The van der Waals surface area contributed by atoms with Crippen LogP contribution in [0.5, 0.6) is 5.88 Å². The molecule has 1 aromatic carbocycles. The summed E-state index contributed by atoms with van der Waals surface area (Å²) >= 11 is 0. The Balaban J connectivity index is 1.38. The molecule has 39 heavy (non-hydrogen) atoms. The van der Waals surface area contributed by atoms with Crippen molar-refractivity contribution in [3.05, 3.63) is 59.6 Å². The van der Waals surface area contributed by atoms with Gasteiger partial charge in [0, 0.05) is 80.5 Å². The lowest BCUT2D eigenvalue weighted by atomic mass is 9.99. The van der Waals surface area contributed by atoms with Gasteiger partial charge in [-0.15, -0.1) is 5.10 Å². The zero-order chi connectivity index (χ0) is 27.5. The first kappa shape index (κ1) is 27.0. The number of hydrogen-bond acceptors (Lipinski definition) is 7. The van der Waals surface area contributed by atoms with E-state index in [4.69, 9.17) is 4.74 Å². The Morgan fingerprint density at radius 3 is 2.72 bits per heavy atom. The van der Waals surface area contributed by atoms with Crippen LogP contribution in [0.15, 0.2) is 36.8 Å². The Morgan fingerprint density at radius 1 is 1.18 bits per heavy atom. The molecular formula is C29H36FN7O2. The fraction of sp³-hybridized carbons (Fsp3) is 0.448. The largest absolute Gasteiger partial charge is 0.477 e. The minimum absolute atomic E-state index is 0.149. The number of nitrogens with one attached hydrogen (secondary N) is 1. The second-order valence-corrected chi connectivity index (χ2v) is 10.1. The molecule has 1 saturated heterocycles. The van der Waals surface area contributed by atoms with Crippen LogP contribution in [-0.2, 0) is 24.7 Å². The summed E-state index contributed by atoms with van der Waals surface area (Å²) in [5.41, 5.74) is 3.42. The predicted octanol–water partition coefficient (Wildman–Crippen LogP) is 3.62. The SMILES string of the molecule is CCOc1nn(C)cc1Cc1ncc(F)c(-c2c[nH]c3c(CC(=O)[C@@H](C)N4CCN(CC)CC4)cccc23)n1. The summed E-state index contributed by atoms with van der Waals surface area (Å²) in [6.45, 7) is 11.4. The van der Waals surface area contributed by atoms with Crippen LogP contribution in [0.25, 0.3) is 22.2 Å². The molecule has 0 radical (unpaired) electrons. The van der Waals surface area contributed by atoms with Gasteiger partial charge in [0.1, 0.15) is 11.5 Å². The van der Waals surface area contributed by atoms with E-state index in [2.05, 4.69) is 36.8 Å². The highest BCUT2D eigenvalue weighted by Gasteiger charge is 2.26. The number of benzene rings is 1. The van der Waals surface area contributed by atoms with E-state index in [1.165, 1.54) is 6.20 Å². The molecule has 0 bridgehead atoms. The molecule has 1 aliphatic heterocycles. The third kappa shape index (κ3) is 5.72. The van der Waals surface area contributed by atoms with Crippen LogP contribution >= 0.6 is 0 Å². The van der Waals surface area contributed by atoms with Gasteiger partial charge in [-0.05, 0) is 26.0 Å². The molecule has 1 fully saturated rings. The van der Waals surface area contributed by atoms with Crippen molar-refractivity contribution in [3.8, 4) is 17.1 Å². The van der Waals surface area contributed by atoms with Gasteiger partial charge in [0.05, 0.1) is 18.8 Å². The number of H-pyrrole nitrogens is 1. The molecule has 1 aliphatic rings. The first-order chi connectivity index (χ1) is 18.9. The van der Waals surface area contributed by atoms with Crippen LogP contribution in [0, 0.1) is 5.82 Å². The summed E-state index contributed by atoms with van der Waals surface area (Å²) in [7, 11) is 1.82. The normalized spacial score (nSPS) is 15.6. The second-order valence-electron chi connectivity index (χ2n) is 10.1. The molecule has 1 atom stereocenters. The Kier molecular flexibility index (Phi) is 8.04. The van der Waals surface area contributed by atoms with Crippen molar-refractivity contribution < 1.29 is 13.9 Å². The summed E-state index contributed by atoms with van der Waals surface area (Å²) in [6, 6.07) is 5.65. The quantitative estimate of drug-likeness (QED) is 0.333. The van der Waals surface area contributed by atoms with Crippen molar-refractivity contribution in [2.24, 2.45) is 7.05 Å². The first-order valence-electron chi connectivity index (χ1n) is 13.6. The smallest absolute Gasteiger partial charge is 0.236 e. The number of Topliss-reactive ketones (excluding diaryl/α,β-unsaturated/α-hetero) is 1. The number of halogens is 1. The van der Waals surface area contributed by atoms with E-state index in [1.54, 1.807) is 10.9 Å². The maximum absolute atomic E-state index is 15.0. The number of fused-ring (bicyclic) bond motifs is 1. The standard InChI is InChI=1S/C29H36FN7O2/c1-5-36-10-12-37(13-11-36)19(3)25(38)14-20-8-7-9-22-23(16-32-27(20)22)28-24(30)17-31-26(33-28)15-21-18-35(4)34-29(21)39-6-2/h7-9,16-19,32H,5-6,10-15H2,1-4H3/t19-/m1/s1. The number of likely N-dealkylation sites (N-methyl/N-ethyl adjacent to an activating group) is 1. The summed E-state index contributed by atoms with van der Waals surface area (Å²) in [5.74, 6) is 0.674. The van der Waals surface area contributed by atoms with E-state index in [0.717, 1.165) is 54.8 Å². The maximum atomic E-state index is 15.0. The molecule has 0 unspecified atom stereocenters. The van der Waals surface area contributed by atoms with Gasteiger partial charge in [-0.2, -0.15) is 0 Å². The van der Waals surface area contributed by atoms with Crippen molar-refractivity contribution in [1.29, 1.82) is 0 Å². The number of aryl methyl sites for hydroxylation is 1. The second kappa shape index (κ2) is 11.6. The lowest BCUT2D eigenvalue weighted by Crippen LogP contribution is -2.51. The summed E-state index contributed by atoms with van der Waals surface area (Å²) in [5, 5.41) is 5.16. The molecule has 0 aliphatic carbocycles. The van der Waals surface area contributed by atoms with Gasteiger partial charge in [-0.25, -0.2) is 14.4 Å². The topological polar surface area (TPSA) is 92.2 Å². The molecule has 0 amide bonds. The van der Waals surface area contributed by atoms with Crippen molar-refractivity contribution >= 4 is 16.7 Å². The average molecular weight is 534 g/mol. The number of piperazine rings is 1. The maximum Gasteiger partial charge on any atom is 0.236 e. The number of ketones is 1. The van der Waals surface area contributed by atoms with Gasteiger partial charge >= 0.3 is 0 Å². The fourth-order valence-electron chi connectivity index (χ4n) is 5.31. The van der Waals surface area contributed by atoms with Crippen LogP contribution in [-0.4, -0.2) is 85.7 Å². The van der Waals surface area contributed by atoms with Crippen molar-refractivity contribution in [3.63, 3.8) is 0 Å². The van der Waals surface area contributed by atoms with Gasteiger partial charge < -0.3 is 14.6 Å². The molecule has 3 aromatic heterocycles. The molecule has 1 N–H and O–H groups in total. The van der Waals surface area contributed by atoms with Gasteiger partial charge in [-0.1, -0.05) is 25.1 Å². The minimum Gasteiger partial charge on any atom is -0.477 e. The number of ether oxygens (including phenoxy) is 1. The average Bonchev–Trinajstić information content (AvgIpc) is 3.53. The first-order valence-corrected chi connectivity index (χ1v) is 13.6. The molecular weight excluding hydrogens is 497 g/mol. The van der Waals surface area contributed by atoms with Crippen molar-refractivity contribution in [2.75, 3.05) is 39.3 Å². The Morgan fingerprint density at radius 2 is 1.97 bits per heavy atom. The number of aromatic amines is 1. The summed E-state index contributed by atoms with van der Waals surface area (Å²) < 4.78 is 22.3. The number of hydrogen-bond donors (Lipinski definition) is 1. The van der Waals surface area contributed by atoms with E-state index in [1.807, 2.05) is 45.3 Å². The Hall–Kier alpha value is -3.63. The van der Waals surface area contributed by atoms with Crippen LogP contribution in [0.2, 0.25) is 0 Å². The van der Waals surface area contributed by atoms with E-state index < -0.39 is 5.82 Å². The molecule has 9 nitrogen and oxygen atoms in total. The zero-order valence-electron chi connectivity index (χ0n) is 23.1. The number of carbonyl (C=O) groups is 1. The molecule has 4 aromatic rings. The highest BCUT2D eigenvalue weighted by atomic mass is 19.1. The Bertz CT molecular complexity index is 1460. The minimum atomic E-state index is -0.503. The number of para-hydroxylation sites is 1. The molecule has 0 spiro atoms. The van der Waals surface area contributed by atoms with Gasteiger partial charge in [0.2, 0.25) is 5.88 Å². The molecule has 0 saturated carbocycles. The molecule has 206 valence electrons. The van der Waals surface area contributed by atoms with Crippen LogP contribution in [0.4, 0.5) is 4.39 Å². The lowest BCUT2D eigenvalue weighted by molar-refractivity contribution is -0.123. The van der Waals surface area contributed by atoms with Crippen molar-refractivity contribution in [2.45, 2.75) is 39.7 Å². The van der Waals surface area contributed by atoms with E-state index >= 15 is 4.39 Å². The number of aromatic nitrogens is 5. The van der Waals surface area contributed by atoms with Gasteiger partial charge in [0.15, 0.2) is 11.6 Å². The van der Waals surface area contributed by atoms with Gasteiger partial charge in [-0.3, -0.25) is 14.4 Å². The number of rotatable bonds is 10. The summed E-state index contributed by atoms with van der Waals surface area (Å²) in [6.07, 6.45) is 5.50. The van der Waals surface area contributed by atoms with E-state index in [0.29, 0.717) is 36.7 Å². The Labute approximate surface area is 228 Å². The fourth-order valence-corrected chi connectivity index (χ4v) is 5.31. The van der Waals surface area contributed by atoms with Crippen LogP contribution < -0.4 is 4.74 Å². The van der Waals surface area contributed by atoms with Crippen molar-refractivity contribution in [1.82, 2.24) is 34.5 Å². The van der Waals surface area contributed by atoms with Crippen LogP contribution in [0.1, 0.15) is 37.7 Å². The third-order valence-corrected chi connectivity index (χ3v) is 7.58. The monoisotopic (exact) mass is 533 g/mol. The molecule has 5 rings (SSSR count). The van der Waals surface area contributed by atoms with E-state index in [-0.39, 0.29) is 17.5 Å².